The first-order valence-electron chi connectivity index (χ1n) is 7.37. The standard InChI is InChI=1S/C16H22N2O3S/c1-12-4-3-5-14(13(12)2)17-6-8-18(9-7-17)15(19)10-22-11-16(20)21/h3-5H,6-11H2,1-2H3,(H,20,21). The third kappa shape index (κ3) is 4.16. The normalized spacial score (nSPS) is 15.0. The van der Waals surface area contributed by atoms with Gasteiger partial charge in [-0.15, -0.1) is 11.8 Å². The number of carbonyl (C=O) groups excluding carboxylic acids is 1. The van der Waals surface area contributed by atoms with Gasteiger partial charge < -0.3 is 14.9 Å². The number of aryl methyl sites for hydroxylation is 1. The van der Waals surface area contributed by atoms with Crippen LogP contribution in [0, 0.1) is 13.8 Å². The SMILES string of the molecule is Cc1cccc(N2CCN(C(=O)CSCC(=O)O)CC2)c1C. The average Bonchev–Trinajstić information content (AvgIpc) is 2.50. The highest BCUT2D eigenvalue weighted by molar-refractivity contribution is 8.00. The van der Waals surface area contributed by atoms with Crippen molar-refractivity contribution in [3.05, 3.63) is 29.3 Å². The lowest BCUT2D eigenvalue weighted by Gasteiger charge is -2.37. The Kier molecular flexibility index (Phi) is 5.71. The molecule has 120 valence electrons. The van der Waals surface area contributed by atoms with E-state index in [0.29, 0.717) is 13.1 Å². The van der Waals surface area contributed by atoms with E-state index in [9.17, 15) is 9.59 Å². The van der Waals surface area contributed by atoms with Crippen molar-refractivity contribution >= 4 is 29.3 Å². The predicted octanol–water partition coefficient (Wildman–Crippen LogP) is 1.77. The van der Waals surface area contributed by atoms with E-state index in [1.165, 1.54) is 16.8 Å². The third-order valence-electron chi connectivity index (χ3n) is 4.00. The summed E-state index contributed by atoms with van der Waals surface area (Å²) in [5.74, 6) is -0.617. The van der Waals surface area contributed by atoms with E-state index in [1.54, 1.807) is 0 Å². The van der Waals surface area contributed by atoms with Crippen LogP contribution in [0.3, 0.4) is 0 Å². The van der Waals surface area contributed by atoms with E-state index in [1.807, 2.05) is 4.90 Å². The maximum Gasteiger partial charge on any atom is 0.313 e. The molecular weight excluding hydrogens is 300 g/mol. The molecule has 0 saturated carbocycles. The summed E-state index contributed by atoms with van der Waals surface area (Å²) in [6.07, 6.45) is 0. The minimum Gasteiger partial charge on any atom is -0.481 e. The first kappa shape index (κ1) is 16.7. The van der Waals surface area contributed by atoms with Crippen molar-refractivity contribution < 1.29 is 14.7 Å². The van der Waals surface area contributed by atoms with Gasteiger partial charge in [0.25, 0.3) is 0 Å². The molecule has 0 radical (unpaired) electrons. The van der Waals surface area contributed by atoms with E-state index in [0.717, 1.165) is 24.9 Å². The van der Waals surface area contributed by atoms with E-state index in [2.05, 4.69) is 36.9 Å². The molecule has 1 N–H and O–H groups in total. The Hall–Kier alpha value is -1.69. The number of benzene rings is 1. The summed E-state index contributed by atoms with van der Waals surface area (Å²) in [6, 6.07) is 6.30. The van der Waals surface area contributed by atoms with Crippen molar-refractivity contribution in [3.63, 3.8) is 0 Å². The summed E-state index contributed by atoms with van der Waals surface area (Å²) in [5.41, 5.74) is 3.81. The molecule has 22 heavy (non-hydrogen) atoms. The molecule has 0 aromatic heterocycles. The molecule has 1 aliphatic rings. The average molecular weight is 322 g/mol. The van der Waals surface area contributed by atoms with Gasteiger partial charge in [0, 0.05) is 31.9 Å². The highest BCUT2D eigenvalue weighted by Gasteiger charge is 2.22. The number of thioether (sulfide) groups is 1. The molecule has 0 unspecified atom stereocenters. The van der Waals surface area contributed by atoms with Gasteiger partial charge in [0.05, 0.1) is 11.5 Å². The zero-order chi connectivity index (χ0) is 16.1. The lowest BCUT2D eigenvalue weighted by molar-refractivity contribution is -0.133. The summed E-state index contributed by atoms with van der Waals surface area (Å²) in [7, 11) is 0. The highest BCUT2D eigenvalue weighted by atomic mass is 32.2. The van der Waals surface area contributed by atoms with Crippen LogP contribution < -0.4 is 4.90 Å². The fourth-order valence-electron chi connectivity index (χ4n) is 2.59. The number of aliphatic carboxylic acids is 1. The van der Waals surface area contributed by atoms with Crippen LogP contribution in [0.5, 0.6) is 0 Å². The zero-order valence-electron chi connectivity index (χ0n) is 13.0. The number of carboxylic acid groups (broad SMARTS) is 1. The molecular formula is C16H22N2O3S. The van der Waals surface area contributed by atoms with Crippen molar-refractivity contribution in [2.75, 3.05) is 42.6 Å². The number of piperazine rings is 1. The summed E-state index contributed by atoms with van der Waals surface area (Å²) in [4.78, 5) is 26.6. The topological polar surface area (TPSA) is 60.9 Å². The summed E-state index contributed by atoms with van der Waals surface area (Å²) < 4.78 is 0. The zero-order valence-corrected chi connectivity index (χ0v) is 13.9. The fraction of sp³-hybridized carbons (Fsp3) is 0.500. The van der Waals surface area contributed by atoms with Crippen LogP contribution in [0.15, 0.2) is 18.2 Å². The molecule has 1 fully saturated rings. The Morgan fingerprint density at radius 1 is 1.14 bits per heavy atom. The number of carboxylic acids is 1. The van der Waals surface area contributed by atoms with Gasteiger partial charge in [-0.3, -0.25) is 9.59 Å². The second-order valence-corrected chi connectivity index (χ2v) is 6.46. The second-order valence-electron chi connectivity index (χ2n) is 5.47. The lowest BCUT2D eigenvalue weighted by atomic mass is 10.1. The van der Waals surface area contributed by atoms with E-state index in [-0.39, 0.29) is 17.4 Å². The minimum absolute atomic E-state index is 0.0197. The number of amides is 1. The third-order valence-corrected chi connectivity index (χ3v) is 4.90. The number of nitrogens with zero attached hydrogens (tertiary/aromatic N) is 2. The van der Waals surface area contributed by atoms with Crippen LogP contribution in [0.25, 0.3) is 0 Å². The first-order chi connectivity index (χ1) is 10.5. The van der Waals surface area contributed by atoms with Gasteiger partial charge in [0.2, 0.25) is 5.91 Å². The second kappa shape index (κ2) is 7.54. The summed E-state index contributed by atoms with van der Waals surface area (Å²) in [6.45, 7) is 7.27. The Morgan fingerprint density at radius 2 is 1.82 bits per heavy atom. The van der Waals surface area contributed by atoms with E-state index >= 15 is 0 Å². The molecule has 1 heterocycles. The number of hydrogen-bond donors (Lipinski definition) is 1. The van der Waals surface area contributed by atoms with Crippen molar-refractivity contribution in [1.29, 1.82) is 0 Å². The number of hydrogen-bond acceptors (Lipinski definition) is 4. The molecule has 5 nitrogen and oxygen atoms in total. The van der Waals surface area contributed by atoms with Gasteiger partial charge in [-0.25, -0.2) is 0 Å². The van der Waals surface area contributed by atoms with Gasteiger partial charge in [0.1, 0.15) is 0 Å². The maximum atomic E-state index is 12.0. The molecule has 0 bridgehead atoms. The smallest absolute Gasteiger partial charge is 0.313 e. The summed E-state index contributed by atoms with van der Waals surface area (Å²) in [5, 5.41) is 8.59. The van der Waals surface area contributed by atoms with E-state index in [4.69, 9.17) is 5.11 Å². The molecule has 2 rings (SSSR count). The van der Waals surface area contributed by atoms with Crippen molar-refractivity contribution in [2.24, 2.45) is 0 Å². The quantitative estimate of drug-likeness (QED) is 0.895. The first-order valence-corrected chi connectivity index (χ1v) is 8.53. The fourth-order valence-corrected chi connectivity index (χ4v) is 3.23. The maximum absolute atomic E-state index is 12.0. The van der Waals surface area contributed by atoms with Crippen LogP contribution in [0.4, 0.5) is 5.69 Å². The summed E-state index contributed by atoms with van der Waals surface area (Å²) >= 11 is 1.16. The van der Waals surface area contributed by atoms with Crippen LogP contribution in [0.1, 0.15) is 11.1 Å². The van der Waals surface area contributed by atoms with Gasteiger partial charge in [-0.05, 0) is 31.0 Å². The van der Waals surface area contributed by atoms with Gasteiger partial charge in [-0.1, -0.05) is 12.1 Å². The van der Waals surface area contributed by atoms with Crippen LogP contribution in [-0.4, -0.2) is 59.6 Å². The minimum atomic E-state index is -0.877. The van der Waals surface area contributed by atoms with Crippen LogP contribution >= 0.6 is 11.8 Å². The van der Waals surface area contributed by atoms with Crippen molar-refractivity contribution in [1.82, 2.24) is 4.90 Å². The Bertz CT molecular complexity index is 554. The van der Waals surface area contributed by atoms with E-state index < -0.39 is 5.97 Å². The Balaban J connectivity index is 1.86. The van der Waals surface area contributed by atoms with Gasteiger partial charge in [-0.2, -0.15) is 0 Å². The van der Waals surface area contributed by atoms with Gasteiger partial charge in [0.15, 0.2) is 0 Å². The molecule has 1 aromatic rings. The molecule has 0 atom stereocenters. The predicted molar refractivity (Wildman–Crippen MR) is 89.7 cm³/mol. The molecule has 0 spiro atoms. The monoisotopic (exact) mass is 322 g/mol. The number of rotatable bonds is 5. The number of anilines is 1. The highest BCUT2D eigenvalue weighted by Crippen LogP contribution is 2.23. The van der Waals surface area contributed by atoms with Crippen LogP contribution in [0.2, 0.25) is 0 Å². The molecule has 1 aliphatic heterocycles. The largest absolute Gasteiger partial charge is 0.481 e. The molecule has 1 saturated heterocycles. The van der Waals surface area contributed by atoms with Crippen molar-refractivity contribution in [2.45, 2.75) is 13.8 Å². The lowest BCUT2D eigenvalue weighted by Crippen LogP contribution is -2.49. The molecule has 1 aromatic carbocycles. The molecule has 6 heteroatoms. The van der Waals surface area contributed by atoms with Crippen molar-refractivity contribution in [3.8, 4) is 0 Å². The molecule has 1 amide bonds. The Labute approximate surface area is 135 Å². The van der Waals surface area contributed by atoms with Gasteiger partial charge >= 0.3 is 5.97 Å². The number of carbonyl (C=O) groups is 2. The Morgan fingerprint density at radius 3 is 2.45 bits per heavy atom. The van der Waals surface area contributed by atoms with Crippen LogP contribution in [-0.2, 0) is 9.59 Å². The molecule has 0 aliphatic carbocycles.